The Kier molecular flexibility index (Phi) is 7.60. The summed E-state index contributed by atoms with van der Waals surface area (Å²) in [7, 11) is 0. The Morgan fingerprint density at radius 3 is 2.26 bits per heavy atom. The number of hydrogen-bond acceptors (Lipinski definition) is 4. The minimum absolute atomic E-state index is 0.0710. The number of hydrogen-bond donors (Lipinski definition) is 4. The predicted molar refractivity (Wildman–Crippen MR) is 132 cm³/mol. The molecule has 2 aliphatic rings. The minimum Gasteiger partial charge on any atom is -0.352 e. The first-order chi connectivity index (χ1) is 16.3. The van der Waals surface area contributed by atoms with Crippen LogP contribution in [0.15, 0.2) is 42.5 Å². The van der Waals surface area contributed by atoms with Gasteiger partial charge in [0.2, 0.25) is 5.91 Å². The molecule has 2 heterocycles. The summed E-state index contributed by atoms with van der Waals surface area (Å²) in [4.78, 5) is 38.9. The second-order valence-electron chi connectivity index (χ2n) is 8.78. The highest BCUT2D eigenvalue weighted by Crippen LogP contribution is 2.37. The van der Waals surface area contributed by atoms with E-state index >= 15 is 0 Å². The van der Waals surface area contributed by atoms with Crippen molar-refractivity contribution >= 4 is 46.7 Å². The number of urea groups is 1. The number of nitrogens with two attached hydrogens (primary N) is 1. The number of anilines is 1. The lowest BCUT2D eigenvalue weighted by molar-refractivity contribution is -0.121. The molecule has 0 aromatic heterocycles. The van der Waals surface area contributed by atoms with E-state index in [2.05, 4.69) is 33.0 Å². The van der Waals surface area contributed by atoms with Crippen molar-refractivity contribution in [1.82, 2.24) is 15.5 Å². The molecule has 3 atom stereocenters. The molecular formula is C24H27Cl2N5O3. The van der Waals surface area contributed by atoms with Crippen molar-refractivity contribution in [3.05, 3.63) is 63.6 Å². The number of amides is 4. The van der Waals surface area contributed by atoms with Gasteiger partial charge in [0.15, 0.2) is 0 Å². The number of fused-ring (bicyclic) bond motifs is 2. The molecule has 1 unspecified atom stereocenters. The van der Waals surface area contributed by atoms with Gasteiger partial charge in [-0.25, -0.2) is 4.79 Å². The van der Waals surface area contributed by atoms with Gasteiger partial charge in [-0.15, -0.1) is 0 Å². The zero-order valence-electron chi connectivity index (χ0n) is 18.5. The number of carbonyl (C=O) groups is 3. The van der Waals surface area contributed by atoms with Gasteiger partial charge in [0, 0.05) is 34.7 Å². The van der Waals surface area contributed by atoms with Gasteiger partial charge in [-0.3, -0.25) is 14.5 Å². The van der Waals surface area contributed by atoms with Crippen LogP contribution in [0.4, 0.5) is 10.5 Å². The Bertz CT molecular complexity index is 1060. The molecule has 2 saturated heterocycles. The lowest BCUT2D eigenvalue weighted by Gasteiger charge is -2.39. The van der Waals surface area contributed by atoms with E-state index in [0.717, 1.165) is 37.3 Å². The summed E-state index contributed by atoms with van der Waals surface area (Å²) in [5.74, 6) is -0.783. The van der Waals surface area contributed by atoms with Crippen molar-refractivity contribution in [1.29, 1.82) is 0 Å². The van der Waals surface area contributed by atoms with Crippen LogP contribution in [0.5, 0.6) is 0 Å². The highest BCUT2D eigenvalue weighted by atomic mass is 35.5. The summed E-state index contributed by atoms with van der Waals surface area (Å²) in [6.45, 7) is 0.701. The fourth-order valence-electron chi connectivity index (χ4n) is 4.93. The second kappa shape index (κ2) is 10.6. The van der Waals surface area contributed by atoms with Crippen molar-refractivity contribution in [2.75, 3.05) is 11.9 Å². The van der Waals surface area contributed by atoms with Gasteiger partial charge in [-0.1, -0.05) is 35.3 Å². The summed E-state index contributed by atoms with van der Waals surface area (Å²) in [5.41, 5.74) is 6.74. The van der Waals surface area contributed by atoms with Gasteiger partial charge in [-0.05, 0) is 61.6 Å². The van der Waals surface area contributed by atoms with E-state index in [-0.39, 0.29) is 29.7 Å². The van der Waals surface area contributed by atoms with Crippen LogP contribution >= 0.6 is 23.2 Å². The second-order valence-corrected chi connectivity index (χ2v) is 9.65. The summed E-state index contributed by atoms with van der Waals surface area (Å²) < 4.78 is 0. The molecule has 180 valence electrons. The van der Waals surface area contributed by atoms with Crippen molar-refractivity contribution in [2.24, 2.45) is 5.73 Å². The first-order valence-corrected chi connectivity index (χ1v) is 12.0. The van der Waals surface area contributed by atoms with Crippen LogP contribution in [0, 0.1) is 0 Å². The van der Waals surface area contributed by atoms with Gasteiger partial charge in [-0.2, -0.15) is 0 Å². The first kappa shape index (κ1) is 24.3. The number of rotatable bonds is 7. The quantitative estimate of drug-likeness (QED) is 0.462. The van der Waals surface area contributed by atoms with Crippen LogP contribution in [0.1, 0.15) is 41.6 Å². The zero-order valence-corrected chi connectivity index (χ0v) is 20.0. The smallest absolute Gasteiger partial charge is 0.316 e. The average Bonchev–Trinajstić information content (AvgIpc) is 3.02. The van der Waals surface area contributed by atoms with Crippen LogP contribution in [0.3, 0.4) is 0 Å². The van der Waals surface area contributed by atoms with E-state index in [4.69, 9.17) is 28.9 Å². The molecule has 2 aromatic rings. The molecule has 10 heteroatoms. The van der Waals surface area contributed by atoms with Crippen molar-refractivity contribution < 1.29 is 14.4 Å². The molecule has 8 nitrogen and oxygen atoms in total. The minimum atomic E-state index is -0.800. The fraction of sp³-hybridized carbons (Fsp3) is 0.375. The first-order valence-electron chi connectivity index (χ1n) is 11.2. The maximum absolute atomic E-state index is 12.6. The van der Waals surface area contributed by atoms with E-state index in [1.807, 2.05) is 12.1 Å². The number of nitrogens with zero attached hydrogens (tertiary/aromatic N) is 1. The molecule has 2 aromatic carbocycles. The number of primary amides is 1. The Labute approximate surface area is 208 Å². The Balaban J connectivity index is 1.28. The summed E-state index contributed by atoms with van der Waals surface area (Å²) >= 11 is 12.0. The molecule has 0 saturated carbocycles. The van der Waals surface area contributed by atoms with Crippen LogP contribution in [0.2, 0.25) is 10.0 Å². The lowest BCUT2D eigenvalue weighted by atomic mass is 9.96. The van der Waals surface area contributed by atoms with Crippen LogP contribution in [0.25, 0.3) is 0 Å². The topological polar surface area (TPSA) is 117 Å². The van der Waals surface area contributed by atoms with Crippen LogP contribution < -0.4 is 21.7 Å². The third-order valence-electron chi connectivity index (χ3n) is 6.42. The third-order valence-corrected chi connectivity index (χ3v) is 6.91. The standard InChI is InChI=1S/C24H27Cl2N5O3/c25-15-3-1-14(2-4-15)13-31-18-6-7-19(31)11-17(10-18)29-22(32)12-28-23(33)20-9-16(26)5-8-21(20)30-24(27)34/h1-5,8-9,17-19H,6-7,10-13H2,(H,28,33)(H,29,32)(H3,27,30,34)/t17?,18-,19+. The number of benzene rings is 2. The van der Waals surface area contributed by atoms with E-state index in [1.165, 1.54) is 23.8 Å². The Morgan fingerprint density at radius 1 is 0.971 bits per heavy atom. The number of nitrogens with one attached hydrogen (secondary N) is 3. The van der Waals surface area contributed by atoms with Gasteiger partial charge in [0.1, 0.15) is 0 Å². The van der Waals surface area contributed by atoms with E-state index in [0.29, 0.717) is 17.1 Å². The summed E-state index contributed by atoms with van der Waals surface area (Å²) in [5, 5.41) is 9.09. The molecule has 2 bridgehead atoms. The summed E-state index contributed by atoms with van der Waals surface area (Å²) in [6, 6.07) is 12.5. The SMILES string of the molecule is NC(=O)Nc1ccc(Cl)cc1C(=O)NCC(=O)NC1C[C@H]2CC[C@@H](C1)N2Cc1ccc(Cl)cc1. The maximum Gasteiger partial charge on any atom is 0.316 e. The predicted octanol–water partition coefficient (Wildman–Crippen LogP) is 3.53. The molecule has 0 radical (unpaired) electrons. The van der Waals surface area contributed by atoms with Gasteiger partial charge in [0.25, 0.3) is 5.91 Å². The van der Waals surface area contributed by atoms with E-state index in [9.17, 15) is 14.4 Å². The Morgan fingerprint density at radius 2 is 1.62 bits per heavy atom. The van der Waals surface area contributed by atoms with E-state index < -0.39 is 11.9 Å². The third kappa shape index (κ3) is 6.00. The Hall–Kier alpha value is -2.81. The monoisotopic (exact) mass is 503 g/mol. The van der Waals surface area contributed by atoms with Crippen molar-refractivity contribution in [3.63, 3.8) is 0 Å². The van der Waals surface area contributed by atoms with E-state index in [1.54, 1.807) is 0 Å². The fourth-order valence-corrected chi connectivity index (χ4v) is 5.23. The normalized spacial score (nSPS) is 21.6. The molecule has 5 N–H and O–H groups in total. The molecule has 0 spiro atoms. The lowest BCUT2D eigenvalue weighted by Crippen LogP contribution is -2.51. The van der Waals surface area contributed by atoms with Crippen LogP contribution in [-0.4, -0.2) is 47.4 Å². The number of carbonyl (C=O) groups excluding carboxylic acids is 3. The van der Waals surface area contributed by atoms with Crippen molar-refractivity contribution in [3.8, 4) is 0 Å². The molecule has 0 aliphatic carbocycles. The highest BCUT2D eigenvalue weighted by molar-refractivity contribution is 6.31. The maximum atomic E-state index is 12.6. The molecule has 2 aliphatic heterocycles. The van der Waals surface area contributed by atoms with Crippen LogP contribution in [-0.2, 0) is 11.3 Å². The summed E-state index contributed by atoms with van der Waals surface area (Å²) in [6.07, 6.45) is 3.99. The van der Waals surface area contributed by atoms with Gasteiger partial charge in [0.05, 0.1) is 17.8 Å². The average molecular weight is 504 g/mol. The van der Waals surface area contributed by atoms with Crippen molar-refractivity contribution in [2.45, 2.75) is 50.4 Å². The highest BCUT2D eigenvalue weighted by Gasteiger charge is 2.40. The van der Waals surface area contributed by atoms with Gasteiger partial charge < -0.3 is 21.7 Å². The zero-order chi connectivity index (χ0) is 24.2. The molecule has 4 amide bonds. The molecule has 4 rings (SSSR count). The molecular weight excluding hydrogens is 477 g/mol. The molecule has 2 fully saturated rings. The number of piperidine rings is 1. The largest absolute Gasteiger partial charge is 0.352 e. The molecule has 34 heavy (non-hydrogen) atoms. The number of halogens is 2. The van der Waals surface area contributed by atoms with Gasteiger partial charge >= 0.3 is 6.03 Å².